The summed E-state index contributed by atoms with van der Waals surface area (Å²) in [6.45, 7) is 0.283. The molecule has 88 valence electrons. The molecule has 3 fully saturated rings. The second-order valence-electron chi connectivity index (χ2n) is 5.36. The first kappa shape index (κ1) is 10.1. The smallest absolute Gasteiger partial charge is 0.249 e. The molecule has 1 heterocycles. The summed E-state index contributed by atoms with van der Waals surface area (Å²) in [6, 6.07) is 0.359. The second kappa shape index (κ2) is 3.47. The third-order valence-corrected chi connectivity index (χ3v) is 4.06. The van der Waals surface area contributed by atoms with Crippen LogP contribution in [0.15, 0.2) is 0 Å². The molecule has 0 aromatic heterocycles. The molecule has 0 atom stereocenters. The Hall–Kier alpha value is -1.06. The molecule has 0 bridgehead atoms. The summed E-state index contributed by atoms with van der Waals surface area (Å²) in [7, 11) is 0. The Labute approximate surface area is 95.4 Å². The van der Waals surface area contributed by atoms with Gasteiger partial charge in [-0.25, -0.2) is 0 Å². The highest BCUT2D eigenvalue weighted by molar-refractivity contribution is 5.98. The molecule has 16 heavy (non-hydrogen) atoms. The molecule has 2 saturated carbocycles. The normalized spacial score (nSPS) is 29.4. The number of nitrogens with one attached hydrogen (secondary N) is 1. The van der Waals surface area contributed by atoms with Crippen LogP contribution in [0.3, 0.4) is 0 Å². The second-order valence-corrected chi connectivity index (χ2v) is 5.36. The summed E-state index contributed by atoms with van der Waals surface area (Å²) in [5.41, 5.74) is -0.532. The van der Waals surface area contributed by atoms with Crippen LogP contribution in [0.2, 0.25) is 0 Å². The van der Waals surface area contributed by atoms with E-state index in [2.05, 4.69) is 5.32 Å². The van der Waals surface area contributed by atoms with Crippen LogP contribution in [-0.4, -0.2) is 34.8 Å². The zero-order chi connectivity index (χ0) is 11.2. The van der Waals surface area contributed by atoms with Crippen LogP contribution in [-0.2, 0) is 9.59 Å². The summed E-state index contributed by atoms with van der Waals surface area (Å²) in [6.07, 6.45) is 7.13. The quantitative estimate of drug-likeness (QED) is 0.713. The van der Waals surface area contributed by atoms with E-state index in [0.717, 1.165) is 38.5 Å². The number of rotatable bonds is 1. The minimum Gasteiger partial charge on any atom is -0.340 e. The Kier molecular flexibility index (Phi) is 2.19. The number of nitrogens with zero attached hydrogens (tertiary/aromatic N) is 1. The van der Waals surface area contributed by atoms with Crippen LogP contribution in [0.4, 0.5) is 0 Å². The fourth-order valence-electron chi connectivity index (χ4n) is 3.04. The predicted molar refractivity (Wildman–Crippen MR) is 58.7 cm³/mol. The molecule has 3 rings (SSSR count). The fourth-order valence-corrected chi connectivity index (χ4v) is 3.04. The van der Waals surface area contributed by atoms with Crippen LogP contribution in [0.1, 0.15) is 44.9 Å². The van der Waals surface area contributed by atoms with Crippen molar-refractivity contribution in [1.82, 2.24) is 10.2 Å². The average Bonchev–Trinajstić information content (AvgIpc) is 3.08. The summed E-state index contributed by atoms with van der Waals surface area (Å²) < 4.78 is 0. The van der Waals surface area contributed by atoms with Crippen molar-refractivity contribution in [3.8, 4) is 0 Å². The number of piperazine rings is 1. The van der Waals surface area contributed by atoms with Gasteiger partial charge >= 0.3 is 0 Å². The monoisotopic (exact) mass is 222 g/mol. The Morgan fingerprint density at radius 2 is 1.81 bits per heavy atom. The molecule has 4 heteroatoms. The van der Waals surface area contributed by atoms with Gasteiger partial charge in [0.2, 0.25) is 11.8 Å². The predicted octanol–water partition coefficient (Wildman–Crippen LogP) is 0.810. The maximum Gasteiger partial charge on any atom is 0.249 e. The van der Waals surface area contributed by atoms with Gasteiger partial charge in [-0.1, -0.05) is 19.3 Å². The lowest BCUT2D eigenvalue weighted by Gasteiger charge is -2.44. The van der Waals surface area contributed by atoms with E-state index in [9.17, 15) is 9.59 Å². The maximum atomic E-state index is 12.4. The molecule has 3 aliphatic rings. The lowest BCUT2D eigenvalue weighted by Crippen LogP contribution is -2.67. The number of amides is 2. The highest BCUT2D eigenvalue weighted by Gasteiger charge is 2.50. The molecule has 0 aromatic rings. The Morgan fingerprint density at radius 1 is 1.12 bits per heavy atom. The van der Waals surface area contributed by atoms with Crippen LogP contribution in [0.25, 0.3) is 0 Å². The standard InChI is InChI=1S/C12H18N2O2/c15-10-8-14(9-4-5-9)11(16)12(13-10)6-2-1-3-7-12/h9H,1-8H2,(H,13,15). The molecule has 2 amide bonds. The topological polar surface area (TPSA) is 49.4 Å². The van der Waals surface area contributed by atoms with Gasteiger partial charge in [-0.3, -0.25) is 9.59 Å². The van der Waals surface area contributed by atoms with Gasteiger partial charge < -0.3 is 10.2 Å². The van der Waals surface area contributed by atoms with Gasteiger partial charge in [0.05, 0.1) is 6.54 Å². The van der Waals surface area contributed by atoms with E-state index in [4.69, 9.17) is 0 Å². The van der Waals surface area contributed by atoms with Crippen molar-refractivity contribution in [2.45, 2.75) is 56.5 Å². The third kappa shape index (κ3) is 1.51. The van der Waals surface area contributed by atoms with Crippen molar-refractivity contribution in [3.05, 3.63) is 0 Å². The summed E-state index contributed by atoms with van der Waals surface area (Å²) in [5.74, 6) is 0.225. The van der Waals surface area contributed by atoms with E-state index < -0.39 is 5.54 Å². The van der Waals surface area contributed by atoms with Crippen LogP contribution in [0, 0.1) is 0 Å². The third-order valence-electron chi connectivity index (χ3n) is 4.06. The lowest BCUT2D eigenvalue weighted by molar-refractivity contribution is -0.152. The van der Waals surface area contributed by atoms with Gasteiger partial charge in [0.15, 0.2) is 0 Å². The van der Waals surface area contributed by atoms with E-state index in [-0.39, 0.29) is 18.4 Å². The van der Waals surface area contributed by atoms with Crippen molar-refractivity contribution < 1.29 is 9.59 Å². The Balaban J connectivity index is 1.85. The van der Waals surface area contributed by atoms with Gasteiger partial charge in [-0.15, -0.1) is 0 Å². The molecule has 2 aliphatic carbocycles. The fraction of sp³-hybridized carbons (Fsp3) is 0.833. The SMILES string of the molecule is O=C1CN(C2CC2)C(=O)C2(CCCCC2)N1. The van der Waals surface area contributed by atoms with Gasteiger partial charge in [0, 0.05) is 6.04 Å². The number of hydrogen-bond donors (Lipinski definition) is 1. The first-order valence-corrected chi connectivity index (χ1v) is 6.33. The van der Waals surface area contributed by atoms with Gasteiger partial charge in [-0.2, -0.15) is 0 Å². The molecule has 1 aliphatic heterocycles. The molecule has 1 N–H and O–H groups in total. The zero-order valence-electron chi connectivity index (χ0n) is 9.50. The molecule has 0 unspecified atom stereocenters. The van der Waals surface area contributed by atoms with Crippen LogP contribution < -0.4 is 5.32 Å². The summed E-state index contributed by atoms with van der Waals surface area (Å²) in [4.78, 5) is 26.0. The molecule has 1 saturated heterocycles. The Morgan fingerprint density at radius 3 is 2.44 bits per heavy atom. The molecular formula is C12H18N2O2. The molecule has 0 radical (unpaired) electrons. The van der Waals surface area contributed by atoms with Crippen molar-refractivity contribution in [3.63, 3.8) is 0 Å². The van der Waals surface area contributed by atoms with Gasteiger partial charge in [-0.05, 0) is 25.7 Å². The summed E-state index contributed by atoms with van der Waals surface area (Å²) >= 11 is 0. The van der Waals surface area contributed by atoms with Crippen molar-refractivity contribution in [2.24, 2.45) is 0 Å². The Bertz CT molecular complexity index is 330. The van der Waals surface area contributed by atoms with Crippen molar-refractivity contribution >= 4 is 11.8 Å². The molecule has 0 aromatic carbocycles. The van der Waals surface area contributed by atoms with Crippen LogP contribution >= 0.6 is 0 Å². The minimum absolute atomic E-state index is 0.0356. The minimum atomic E-state index is -0.532. The molecular weight excluding hydrogens is 204 g/mol. The van der Waals surface area contributed by atoms with E-state index in [1.807, 2.05) is 4.90 Å². The zero-order valence-corrected chi connectivity index (χ0v) is 9.50. The largest absolute Gasteiger partial charge is 0.340 e. The first-order valence-electron chi connectivity index (χ1n) is 6.33. The van der Waals surface area contributed by atoms with Gasteiger partial charge in [0.25, 0.3) is 0 Å². The van der Waals surface area contributed by atoms with Crippen molar-refractivity contribution in [1.29, 1.82) is 0 Å². The molecule has 1 spiro atoms. The summed E-state index contributed by atoms with van der Waals surface area (Å²) in [5, 5.41) is 2.96. The average molecular weight is 222 g/mol. The van der Waals surface area contributed by atoms with Crippen LogP contribution in [0.5, 0.6) is 0 Å². The van der Waals surface area contributed by atoms with E-state index in [1.165, 1.54) is 6.42 Å². The van der Waals surface area contributed by atoms with E-state index in [1.54, 1.807) is 0 Å². The number of hydrogen-bond acceptors (Lipinski definition) is 2. The highest BCUT2D eigenvalue weighted by Crippen LogP contribution is 2.36. The maximum absolute atomic E-state index is 12.4. The van der Waals surface area contributed by atoms with E-state index >= 15 is 0 Å². The lowest BCUT2D eigenvalue weighted by atomic mass is 9.79. The van der Waals surface area contributed by atoms with E-state index in [0.29, 0.717) is 6.04 Å². The number of carbonyl (C=O) groups excluding carboxylic acids is 2. The van der Waals surface area contributed by atoms with Crippen molar-refractivity contribution in [2.75, 3.05) is 6.54 Å². The molecule has 4 nitrogen and oxygen atoms in total. The first-order chi connectivity index (χ1) is 7.71. The van der Waals surface area contributed by atoms with Gasteiger partial charge in [0.1, 0.15) is 5.54 Å². The number of carbonyl (C=O) groups is 2. The highest BCUT2D eigenvalue weighted by atomic mass is 16.2.